The zero-order valence-corrected chi connectivity index (χ0v) is 11.5. The molecule has 19 heavy (non-hydrogen) atoms. The minimum Gasteiger partial charge on any atom is -0.466 e. The van der Waals surface area contributed by atoms with E-state index < -0.39 is 0 Å². The van der Waals surface area contributed by atoms with Gasteiger partial charge in [-0.2, -0.15) is 0 Å². The summed E-state index contributed by atoms with van der Waals surface area (Å²) in [4.78, 5) is 16.0. The van der Waals surface area contributed by atoms with Gasteiger partial charge in [0.05, 0.1) is 13.0 Å². The molecule has 3 heteroatoms. The predicted octanol–water partition coefficient (Wildman–Crippen LogP) is 3.29. The van der Waals surface area contributed by atoms with Crippen molar-refractivity contribution in [1.29, 1.82) is 0 Å². The van der Waals surface area contributed by atoms with E-state index in [0.29, 0.717) is 19.4 Å². The molecule has 1 heterocycles. The SMILES string of the molecule is CCOC(=O)CCc1cc2ccccc2c(CC)n1. The fourth-order valence-corrected chi connectivity index (χ4v) is 2.19. The lowest BCUT2D eigenvalue weighted by Gasteiger charge is -2.08. The van der Waals surface area contributed by atoms with Crippen molar-refractivity contribution in [1.82, 2.24) is 4.98 Å². The van der Waals surface area contributed by atoms with Crippen LogP contribution < -0.4 is 0 Å². The number of nitrogens with zero attached hydrogens (tertiary/aromatic N) is 1. The standard InChI is InChI=1S/C16H19NO2/c1-3-15-14-8-6-5-7-12(14)11-13(17-15)9-10-16(18)19-4-2/h5-8,11H,3-4,9-10H2,1-2H3. The molecule has 2 rings (SSSR count). The molecule has 3 nitrogen and oxygen atoms in total. The van der Waals surface area contributed by atoms with Gasteiger partial charge in [0.2, 0.25) is 0 Å². The molecule has 100 valence electrons. The molecule has 2 aromatic rings. The molecule has 1 aromatic carbocycles. The maximum atomic E-state index is 11.4. The Morgan fingerprint density at radius 3 is 2.79 bits per heavy atom. The monoisotopic (exact) mass is 257 g/mol. The summed E-state index contributed by atoms with van der Waals surface area (Å²) in [7, 11) is 0. The molecule has 1 aromatic heterocycles. The van der Waals surface area contributed by atoms with E-state index in [4.69, 9.17) is 4.74 Å². The van der Waals surface area contributed by atoms with Gasteiger partial charge in [-0.1, -0.05) is 31.2 Å². The van der Waals surface area contributed by atoms with E-state index in [9.17, 15) is 4.79 Å². The van der Waals surface area contributed by atoms with Gasteiger partial charge in [-0.15, -0.1) is 0 Å². The van der Waals surface area contributed by atoms with Crippen LogP contribution in [0.25, 0.3) is 10.8 Å². The maximum Gasteiger partial charge on any atom is 0.306 e. The minimum absolute atomic E-state index is 0.157. The Labute approximate surface area is 113 Å². The lowest BCUT2D eigenvalue weighted by atomic mass is 10.1. The smallest absolute Gasteiger partial charge is 0.306 e. The number of ether oxygens (including phenoxy) is 1. The van der Waals surface area contributed by atoms with Crippen molar-refractivity contribution in [3.63, 3.8) is 0 Å². The number of fused-ring (bicyclic) bond motifs is 1. The summed E-state index contributed by atoms with van der Waals surface area (Å²) in [6.07, 6.45) is 1.92. The third-order valence-electron chi connectivity index (χ3n) is 3.10. The molecule has 0 spiro atoms. The van der Waals surface area contributed by atoms with E-state index in [1.165, 1.54) is 10.8 Å². The molecular formula is C16H19NO2. The Kier molecular flexibility index (Phi) is 4.50. The van der Waals surface area contributed by atoms with Gasteiger partial charge in [0, 0.05) is 23.2 Å². The van der Waals surface area contributed by atoms with Crippen LogP contribution >= 0.6 is 0 Å². The molecule has 0 radical (unpaired) electrons. The summed E-state index contributed by atoms with van der Waals surface area (Å²) in [5.74, 6) is -0.157. The Morgan fingerprint density at radius 1 is 1.26 bits per heavy atom. The molecule has 0 aliphatic rings. The number of esters is 1. The van der Waals surface area contributed by atoms with Crippen molar-refractivity contribution < 1.29 is 9.53 Å². The van der Waals surface area contributed by atoms with Gasteiger partial charge in [0.15, 0.2) is 0 Å². The second kappa shape index (κ2) is 6.32. The highest BCUT2D eigenvalue weighted by Gasteiger charge is 2.07. The van der Waals surface area contributed by atoms with E-state index in [-0.39, 0.29) is 5.97 Å². The van der Waals surface area contributed by atoms with Crippen LogP contribution in [0.5, 0.6) is 0 Å². The van der Waals surface area contributed by atoms with Crippen LogP contribution in [0.3, 0.4) is 0 Å². The first kappa shape index (κ1) is 13.5. The summed E-state index contributed by atoms with van der Waals surface area (Å²) in [5.41, 5.74) is 2.06. The van der Waals surface area contributed by atoms with Crippen molar-refractivity contribution in [2.24, 2.45) is 0 Å². The first-order valence-electron chi connectivity index (χ1n) is 6.77. The first-order valence-corrected chi connectivity index (χ1v) is 6.77. The van der Waals surface area contributed by atoms with Gasteiger partial charge in [-0.05, 0) is 24.8 Å². The van der Waals surface area contributed by atoms with Crippen LogP contribution in [0.15, 0.2) is 30.3 Å². The molecule has 0 N–H and O–H groups in total. The second-order valence-electron chi connectivity index (χ2n) is 4.44. The van der Waals surface area contributed by atoms with E-state index in [1.807, 2.05) is 19.1 Å². The lowest BCUT2D eigenvalue weighted by Crippen LogP contribution is -2.06. The highest BCUT2D eigenvalue weighted by Crippen LogP contribution is 2.19. The molecule has 0 atom stereocenters. The van der Waals surface area contributed by atoms with Crippen LogP contribution in [0, 0.1) is 0 Å². The molecular weight excluding hydrogens is 238 g/mol. The number of hydrogen-bond acceptors (Lipinski definition) is 3. The maximum absolute atomic E-state index is 11.4. The fraction of sp³-hybridized carbons (Fsp3) is 0.375. The fourth-order valence-electron chi connectivity index (χ4n) is 2.19. The van der Waals surface area contributed by atoms with Crippen LogP contribution in [0.2, 0.25) is 0 Å². The quantitative estimate of drug-likeness (QED) is 0.771. The summed E-state index contributed by atoms with van der Waals surface area (Å²) >= 11 is 0. The van der Waals surface area contributed by atoms with Crippen molar-refractivity contribution in [3.8, 4) is 0 Å². The highest BCUT2D eigenvalue weighted by atomic mass is 16.5. The van der Waals surface area contributed by atoms with Crippen molar-refractivity contribution in [2.75, 3.05) is 6.61 Å². The number of benzene rings is 1. The number of rotatable bonds is 5. The van der Waals surface area contributed by atoms with Crippen LogP contribution in [0.1, 0.15) is 31.7 Å². The van der Waals surface area contributed by atoms with E-state index in [0.717, 1.165) is 17.8 Å². The van der Waals surface area contributed by atoms with Gasteiger partial charge in [-0.3, -0.25) is 9.78 Å². The molecule has 0 fully saturated rings. The van der Waals surface area contributed by atoms with Crippen LogP contribution in [-0.2, 0) is 22.4 Å². The average molecular weight is 257 g/mol. The third kappa shape index (κ3) is 3.31. The summed E-state index contributed by atoms with van der Waals surface area (Å²) in [6.45, 7) is 4.36. The first-order chi connectivity index (χ1) is 9.24. The van der Waals surface area contributed by atoms with Gasteiger partial charge < -0.3 is 4.74 Å². The number of hydrogen-bond donors (Lipinski definition) is 0. The lowest BCUT2D eigenvalue weighted by molar-refractivity contribution is -0.143. The van der Waals surface area contributed by atoms with Crippen molar-refractivity contribution in [3.05, 3.63) is 41.7 Å². The number of carbonyl (C=O) groups is 1. The van der Waals surface area contributed by atoms with E-state index in [1.54, 1.807) is 0 Å². The zero-order chi connectivity index (χ0) is 13.7. The molecule has 0 unspecified atom stereocenters. The number of aryl methyl sites for hydroxylation is 2. The molecule has 0 saturated carbocycles. The van der Waals surface area contributed by atoms with Crippen LogP contribution in [-0.4, -0.2) is 17.6 Å². The summed E-state index contributed by atoms with van der Waals surface area (Å²) in [6, 6.07) is 10.3. The number of pyridine rings is 1. The van der Waals surface area contributed by atoms with Gasteiger partial charge >= 0.3 is 5.97 Å². The Bertz CT molecular complexity index is 578. The topological polar surface area (TPSA) is 39.2 Å². The largest absolute Gasteiger partial charge is 0.466 e. The average Bonchev–Trinajstić information content (AvgIpc) is 2.44. The zero-order valence-electron chi connectivity index (χ0n) is 11.5. The van der Waals surface area contributed by atoms with Gasteiger partial charge in [0.25, 0.3) is 0 Å². The Hall–Kier alpha value is -1.90. The number of carbonyl (C=O) groups excluding carboxylic acids is 1. The predicted molar refractivity (Wildman–Crippen MR) is 76.1 cm³/mol. The van der Waals surface area contributed by atoms with Crippen molar-refractivity contribution in [2.45, 2.75) is 33.1 Å². The number of aromatic nitrogens is 1. The highest BCUT2D eigenvalue weighted by molar-refractivity contribution is 5.85. The normalized spacial score (nSPS) is 10.6. The molecule has 0 aliphatic carbocycles. The molecule has 0 aliphatic heterocycles. The Balaban J connectivity index is 2.22. The van der Waals surface area contributed by atoms with E-state index in [2.05, 4.69) is 30.1 Å². The molecule has 0 saturated heterocycles. The Morgan fingerprint density at radius 2 is 2.05 bits per heavy atom. The minimum atomic E-state index is -0.157. The molecule has 0 amide bonds. The summed E-state index contributed by atoms with van der Waals surface area (Å²) in [5, 5.41) is 2.39. The van der Waals surface area contributed by atoms with Crippen LogP contribution in [0.4, 0.5) is 0 Å². The van der Waals surface area contributed by atoms with E-state index >= 15 is 0 Å². The second-order valence-corrected chi connectivity index (χ2v) is 4.44. The van der Waals surface area contributed by atoms with Gasteiger partial charge in [-0.25, -0.2) is 0 Å². The van der Waals surface area contributed by atoms with Gasteiger partial charge in [0.1, 0.15) is 0 Å². The molecule has 0 bridgehead atoms. The summed E-state index contributed by atoms with van der Waals surface area (Å²) < 4.78 is 4.94. The third-order valence-corrected chi connectivity index (χ3v) is 3.10. The van der Waals surface area contributed by atoms with Crippen molar-refractivity contribution >= 4 is 16.7 Å².